The maximum absolute atomic E-state index is 5.43. The van der Waals surface area contributed by atoms with Crippen molar-refractivity contribution >= 4 is 0 Å². The van der Waals surface area contributed by atoms with Crippen molar-refractivity contribution in [3.63, 3.8) is 0 Å². The van der Waals surface area contributed by atoms with E-state index in [1.54, 1.807) is 12.5 Å². The van der Waals surface area contributed by atoms with Crippen molar-refractivity contribution in [2.24, 2.45) is 18.5 Å². The zero-order chi connectivity index (χ0) is 14.9. The Morgan fingerprint density at radius 2 is 1.15 bits per heavy atom. The molecule has 0 fully saturated rings. The third-order valence-corrected chi connectivity index (χ3v) is 3.29. The summed E-state index contributed by atoms with van der Waals surface area (Å²) in [7, 11) is 1.94. The van der Waals surface area contributed by atoms with Gasteiger partial charge in [-0.25, -0.2) is 4.98 Å². The van der Waals surface area contributed by atoms with E-state index >= 15 is 0 Å². The topological polar surface area (TPSA) is 69.9 Å². The van der Waals surface area contributed by atoms with Gasteiger partial charge in [0.2, 0.25) is 0 Å². The second-order valence-electron chi connectivity index (χ2n) is 5.34. The van der Waals surface area contributed by atoms with E-state index in [-0.39, 0.29) is 0 Å². The first kappa shape index (κ1) is 19.1. The molecule has 0 aromatic carbocycles. The number of unbranched alkanes of at least 4 members (excludes halogenated alkanes) is 9. The minimum absolute atomic E-state index is 0.860. The van der Waals surface area contributed by atoms with Crippen molar-refractivity contribution in [2.75, 3.05) is 13.1 Å². The van der Waals surface area contributed by atoms with Gasteiger partial charge in [0.25, 0.3) is 0 Å². The molecule has 0 radical (unpaired) electrons. The van der Waals surface area contributed by atoms with Crippen LogP contribution in [-0.4, -0.2) is 22.6 Å². The third kappa shape index (κ3) is 15.2. The molecule has 1 aromatic rings. The largest absolute Gasteiger partial charge is 0.341 e. The molecule has 118 valence electrons. The third-order valence-electron chi connectivity index (χ3n) is 3.29. The Labute approximate surface area is 125 Å². The highest BCUT2D eigenvalue weighted by Gasteiger charge is 1.91. The molecular formula is C16H34N4. The zero-order valence-corrected chi connectivity index (χ0v) is 13.3. The molecular weight excluding hydrogens is 248 g/mol. The Morgan fingerprint density at radius 3 is 1.35 bits per heavy atom. The Bertz CT molecular complexity index is 247. The van der Waals surface area contributed by atoms with Crippen molar-refractivity contribution in [3.05, 3.63) is 18.7 Å². The number of rotatable bonds is 11. The summed E-state index contributed by atoms with van der Waals surface area (Å²) in [5.41, 5.74) is 10.9. The van der Waals surface area contributed by atoms with Gasteiger partial charge < -0.3 is 16.0 Å². The fourth-order valence-electron chi connectivity index (χ4n) is 2.03. The van der Waals surface area contributed by atoms with Crippen LogP contribution in [0.4, 0.5) is 0 Å². The summed E-state index contributed by atoms with van der Waals surface area (Å²) in [5.74, 6) is 0. The Kier molecular flexibility index (Phi) is 15.5. The Hall–Kier alpha value is -0.870. The van der Waals surface area contributed by atoms with E-state index in [2.05, 4.69) is 4.98 Å². The van der Waals surface area contributed by atoms with Gasteiger partial charge in [0.05, 0.1) is 6.33 Å². The summed E-state index contributed by atoms with van der Waals surface area (Å²) < 4.78 is 1.89. The van der Waals surface area contributed by atoms with Gasteiger partial charge in [-0.05, 0) is 25.9 Å². The molecule has 0 aliphatic heterocycles. The molecule has 4 heteroatoms. The smallest absolute Gasteiger partial charge is 0.0943 e. The van der Waals surface area contributed by atoms with Crippen LogP contribution in [-0.2, 0) is 7.05 Å². The number of nitrogens with zero attached hydrogens (tertiary/aromatic N) is 2. The van der Waals surface area contributed by atoms with Crippen LogP contribution in [0, 0.1) is 0 Å². The molecule has 0 bridgehead atoms. The lowest BCUT2D eigenvalue weighted by molar-refractivity contribution is 0.554. The van der Waals surface area contributed by atoms with Crippen LogP contribution in [0.25, 0.3) is 0 Å². The van der Waals surface area contributed by atoms with Gasteiger partial charge in [-0.1, -0.05) is 51.4 Å². The first-order valence-corrected chi connectivity index (χ1v) is 8.13. The molecule has 0 aliphatic carbocycles. The lowest BCUT2D eigenvalue weighted by atomic mass is 10.1. The van der Waals surface area contributed by atoms with E-state index in [1.807, 2.05) is 17.8 Å². The van der Waals surface area contributed by atoms with Gasteiger partial charge in [-0.3, -0.25) is 0 Å². The number of hydrogen-bond donors (Lipinski definition) is 2. The van der Waals surface area contributed by atoms with Crippen molar-refractivity contribution < 1.29 is 0 Å². The number of hydrogen-bond acceptors (Lipinski definition) is 3. The maximum Gasteiger partial charge on any atom is 0.0943 e. The zero-order valence-electron chi connectivity index (χ0n) is 13.3. The minimum atomic E-state index is 0.860. The van der Waals surface area contributed by atoms with Gasteiger partial charge in [0, 0.05) is 19.4 Å². The van der Waals surface area contributed by atoms with Crippen LogP contribution in [0.2, 0.25) is 0 Å². The van der Waals surface area contributed by atoms with Crippen molar-refractivity contribution in [3.8, 4) is 0 Å². The number of nitrogens with two attached hydrogens (primary N) is 2. The van der Waals surface area contributed by atoms with Gasteiger partial charge in [-0.15, -0.1) is 0 Å². The fourth-order valence-corrected chi connectivity index (χ4v) is 2.03. The summed E-state index contributed by atoms with van der Waals surface area (Å²) in [6.07, 6.45) is 18.8. The lowest BCUT2D eigenvalue weighted by Gasteiger charge is -2.01. The van der Waals surface area contributed by atoms with Crippen molar-refractivity contribution in [2.45, 2.75) is 64.2 Å². The van der Waals surface area contributed by atoms with Gasteiger partial charge in [-0.2, -0.15) is 0 Å². The van der Waals surface area contributed by atoms with E-state index in [0.717, 1.165) is 13.1 Å². The summed E-state index contributed by atoms with van der Waals surface area (Å²) in [5, 5.41) is 0. The molecule has 0 amide bonds. The highest BCUT2D eigenvalue weighted by atomic mass is 15.0. The second-order valence-corrected chi connectivity index (χ2v) is 5.34. The van der Waals surface area contributed by atoms with Crippen LogP contribution in [0.5, 0.6) is 0 Å². The molecule has 20 heavy (non-hydrogen) atoms. The molecule has 4 N–H and O–H groups in total. The molecule has 1 aromatic heterocycles. The normalized spacial score (nSPS) is 10.2. The molecule has 0 aliphatic rings. The predicted molar refractivity (Wildman–Crippen MR) is 87.5 cm³/mol. The monoisotopic (exact) mass is 282 g/mol. The van der Waals surface area contributed by atoms with E-state index in [4.69, 9.17) is 11.5 Å². The van der Waals surface area contributed by atoms with Crippen LogP contribution in [0.3, 0.4) is 0 Å². The minimum Gasteiger partial charge on any atom is -0.341 e. The molecule has 0 atom stereocenters. The number of aryl methyl sites for hydroxylation is 1. The molecule has 0 saturated heterocycles. The Morgan fingerprint density at radius 1 is 0.750 bits per heavy atom. The standard InChI is InChI=1S/C12H28N2.C4H6N2/c13-11-9-7-5-3-1-2-4-6-8-10-12-14;1-6-3-2-5-4-6/h1-14H2;2-4H,1H3. The number of aromatic nitrogens is 2. The summed E-state index contributed by atoms with van der Waals surface area (Å²) in [6, 6.07) is 0. The van der Waals surface area contributed by atoms with Crippen LogP contribution >= 0.6 is 0 Å². The van der Waals surface area contributed by atoms with Gasteiger partial charge in [0.15, 0.2) is 0 Å². The van der Waals surface area contributed by atoms with E-state index in [0.29, 0.717) is 0 Å². The molecule has 0 saturated carbocycles. The van der Waals surface area contributed by atoms with E-state index in [1.165, 1.54) is 64.2 Å². The van der Waals surface area contributed by atoms with Gasteiger partial charge in [0.1, 0.15) is 0 Å². The quantitative estimate of drug-likeness (QED) is 0.612. The molecule has 1 rings (SSSR count). The number of imidazole rings is 1. The predicted octanol–water partition coefficient (Wildman–Crippen LogP) is 3.22. The average Bonchev–Trinajstić information content (AvgIpc) is 2.93. The van der Waals surface area contributed by atoms with Gasteiger partial charge >= 0.3 is 0 Å². The summed E-state index contributed by atoms with van der Waals surface area (Å²) >= 11 is 0. The average molecular weight is 282 g/mol. The first-order chi connectivity index (χ1) is 9.81. The van der Waals surface area contributed by atoms with Crippen LogP contribution in [0.15, 0.2) is 18.7 Å². The fraction of sp³-hybridized carbons (Fsp3) is 0.812. The summed E-state index contributed by atoms with van der Waals surface area (Å²) in [6.45, 7) is 1.72. The van der Waals surface area contributed by atoms with Crippen molar-refractivity contribution in [1.82, 2.24) is 9.55 Å². The molecule has 4 nitrogen and oxygen atoms in total. The Balaban J connectivity index is 0.000000493. The molecule has 0 spiro atoms. The molecule has 1 heterocycles. The van der Waals surface area contributed by atoms with Crippen molar-refractivity contribution in [1.29, 1.82) is 0 Å². The highest BCUT2D eigenvalue weighted by Crippen LogP contribution is 2.09. The second kappa shape index (κ2) is 16.2. The van der Waals surface area contributed by atoms with E-state index in [9.17, 15) is 0 Å². The SMILES string of the molecule is Cn1ccnc1.NCCCCCCCCCCCCN. The molecule has 0 unspecified atom stereocenters. The lowest BCUT2D eigenvalue weighted by Crippen LogP contribution is -1.97. The first-order valence-electron chi connectivity index (χ1n) is 8.13. The van der Waals surface area contributed by atoms with Crippen LogP contribution < -0.4 is 11.5 Å². The van der Waals surface area contributed by atoms with Crippen LogP contribution in [0.1, 0.15) is 64.2 Å². The van der Waals surface area contributed by atoms with E-state index < -0.39 is 0 Å². The highest BCUT2D eigenvalue weighted by molar-refractivity contribution is 4.70. The summed E-state index contributed by atoms with van der Waals surface area (Å²) in [4.78, 5) is 3.78. The maximum atomic E-state index is 5.43.